The molecule has 5 aromatic rings. The molecule has 12 heteroatoms. The lowest BCUT2D eigenvalue weighted by Crippen LogP contribution is -2.59. The number of nitrogens with zero attached hydrogens (tertiary/aromatic N) is 1. The number of methoxy groups -OCH3 is 2. The molecule has 4 aromatic carbocycles. The van der Waals surface area contributed by atoms with Crippen LogP contribution in [0, 0.1) is 6.92 Å². The summed E-state index contributed by atoms with van der Waals surface area (Å²) in [6, 6.07) is 32.5. The zero-order valence-corrected chi connectivity index (χ0v) is 33.9. The van der Waals surface area contributed by atoms with Crippen LogP contribution < -0.4 is 25.9 Å². The summed E-state index contributed by atoms with van der Waals surface area (Å²) in [5.41, 5.74) is 1.09. The number of carbonyl (C=O) groups is 1. The molecule has 1 aromatic heterocycles. The van der Waals surface area contributed by atoms with Crippen molar-refractivity contribution in [2.45, 2.75) is 76.2 Å². The molecule has 1 fully saturated rings. The fraction of sp³-hybridized carbons (Fsp3) is 0.341. The van der Waals surface area contributed by atoms with Gasteiger partial charge in [-0.15, -0.1) is 0 Å². The van der Waals surface area contributed by atoms with Crippen molar-refractivity contribution in [2.24, 2.45) is 0 Å². The van der Waals surface area contributed by atoms with Crippen molar-refractivity contribution in [1.82, 2.24) is 9.55 Å². The maximum absolute atomic E-state index is 13.3. The predicted molar refractivity (Wildman–Crippen MR) is 217 cm³/mol. The average Bonchev–Trinajstić information content (AvgIpc) is 3.61. The van der Waals surface area contributed by atoms with Crippen LogP contribution in [0.1, 0.15) is 73.0 Å². The number of aryl methyl sites for hydroxylation is 1. The van der Waals surface area contributed by atoms with Gasteiger partial charge in [0.1, 0.15) is 29.4 Å². The molecule has 0 aliphatic carbocycles. The number of benzene rings is 4. The van der Waals surface area contributed by atoms with Crippen LogP contribution in [0.4, 0.5) is 0 Å². The molecule has 2 heterocycles. The molecular formula is C44H50N2O9Si. The molecule has 0 saturated carbocycles. The van der Waals surface area contributed by atoms with Gasteiger partial charge in [-0.1, -0.05) is 94.4 Å². The Kier molecular flexibility index (Phi) is 12.1. The van der Waals surface area contributed by atoms with Gasteiger partial charge in [-0.05, 0) is 76.3 Å². The Hall–Kier alpha value is -5.27. The van der Waals surface area contributed by atoms with Gasteiger partial charge in [-0.25, -0.2) is 9.59 Å². The van der Waals surface area contributed by atoms with Crippen molar-refractivity contribution in [3.05, 3.63) is 158 Å². The number of carboxylic acid groups (broad SMARTS) is 1. The summed E-state index contributed by atoms with van der Waals surface area (Å²) in [7, 11) is 0.307. The van der Waals surface area contributed by atoms with Crippen molar-refractivity contribution in [2.75, 3.05) is 20.8 Å². The largest absolute Gasteiger partial charge is 0.497 e. The topological polar surface area (TPSA) is 138 Å². The van der Waals surface area contributed by atoms with E-state index in [2.05, 4.69) is 32.7 Å². The highest BCUT2D eigenvalue weighted by atomic mass is 28.4. The van der Waals surface area contributed by atoms with Crippen LogP contribution >= 0.6 is 0 Å². The number of aromatic carboxylic acids is 1. The van der Waals surface area contributed by atoms with Crippen LogP contribution in [-0.2, 0) is 19.5 Å². The number of carboxylic acids is 1. The molecular weight excluding hydrogens is 729 g/mol. The lowest BCUT2D eigenvalue weighted by Gasteiger charge is -2.42. The van der Waals surface area contributed by atoms with E-state index in [4.69, 9.17) is 23.4 Å². The molecule has 1 aliphatic rings. The average molecular weight is 779 g/mol. The Morgan fingerprint density at radius 1 is 0.839 bits per heavy atom. The molecule has 0 bridgehead atoms. The number of hydrogen-bond donors (Lipinski definition) is 2. The molecule has 1 aliphatic heterocycles. The molecule has 0 unspecified atom stereocenters. The zero-order chi connectivity index (χ0) is 40.2. The van der Waals surface area contributed by atoms with Gasteiger partial charge in [-0.3, -0.25) is 14.3 Å². The zero-order valence-electron chi connectivity index (χ0n) is 32.9. The molecule has 1 saturated heterocycles. The summed E-state index contributed by atoms with van der Waals surface area (Å²) in [5, 5.41) is 10.6. The highest BCUT2D eigenvalue weighted by Crippen LogP contribution is 2.44. The van der Waals surface area contributed by atoms with Crippen LogP contribution in [0.15, 0.2) is 119 Å². The summed E-state index contributed by atoms with van der Waals surface area (Å²) in [5.74, 6) is 0.394. The smallest absolute Gasteiger partial charge is 0.335 e. The second-order valence-corrected chi connectivity index (χ2v) is 19.5. The lowest BCUT2D eigenvalue weighted by atomic mass is 9.80. The summed E-state index contributed by atoms with van der Waals surface area (Å²) >= 11 is 0. The standard InChI is InChI=1S/C44H50N2O9Si/c1-28(2)56(29(3)4,37-23-13-31(14-24-37)42(48)49)55-38-25-40(46-26-30(5)41(47)45-43(46)50)54-39(38)27-53-44(32-11-9-8-10-12-32,33-15-19-35(51-6)20-16-33)34-17-21-36(52-7)22-18-34/h8-24,26,28-29,38-40H,25,27H2,1-7H3,(H,48,49)(H,45,47,50)/t38-,39+,40+/m0/s1. The van der Waals surface area contributed by atoms with E-state index in [0.29, 0.717) is 23.5 Å². The third-order valence-electron chi connectivity index (χ3n) is 10.9. The lowest BCUT2D eigenvalue weighted by molar-refractivity contribution is -0.0927. The number of rotatable bonds is 15. The van der Waals surface area contributed by atoms with Gasteiger partial charge in [-0.2, -0.15) is 0 Å². The maximum Gasteiger partial charge on any atom is 0.335 e. The van der Waals surface area contributed by atoms with E-state index in [1.54, 1.807) is 33.3 Å². The SMILES string of the molecule is COc1ccc(C(OC[C@H]2O[C@@H](n3cc(C)c(=O)[nH]c3=O)C[C@@H]2O[Si](c2ccc(C(=O)O)cc2)(C(C)C)C(C)C)(c2ccccc2)c2ccc(OC)cc2)cc1. The number of H-pyrrole nitrogens is 1. The van der Waals surface area contributed by atoms with E-state index >= 15 is 0 Å². The Bertz CT molecular complexity index is 2160. The third kappa shape index (κ3) is 7.74. The summed E-state index contributed by atoms with van der Waals surface area (Å²) < 4.78 is 34.1. The maximum atomic E-state index is 13.3. The van der Waals surface area contributed by atoms with Crippen LogP contribution in [0.3, 0.4) is 0 Å². The Morgan fingerprint density at radius 3 is 1.88 bits per heavy atom. The van der Waals surface area contributed by atoms with Gasteiger partial charge in [0.15, 0.2) is 0 Å². The summed E-state index contributed by atoms with van der Waals surface area (Å²) in [6.45, 7) is 10.2. The van der Waals surface area contributed by atoms with Crippen molar-refractivity contribution in [3.8, 4) is 11.5 Å². The van der Waals surface area contributed by atoms with Crippen LogP contribution in [0.2, 0.25) is 11.1 Å². The highest BCUT2D eigenvalue weighted by molar-refractivity contribution is 6.88. The van der Waals surface area contributed by atoms with Crippen molar-refractivity contribution < 1.29 is 33.3 Å². The summed E-state index contributed by atoms with van der Waals surface area (Å²) in [4.78, 5) is 39.9. The minimum absolute atomic E-state index is 0.0455. The molecule has 3 atom stereocenters. The number of aromatic amines is 1. The molecule has 294 valence electrons. The fourth-order valence-corrected chi connectivity index (χ4v) is 12.8. The van der Waals surface area contributed by atoms with Crippen LogP contribution in [-0.4, -0.2) is 62.0 Å². The first kappa shape index (κ1) is 40.4. The van der Waals surface area contributed by atoms with Crippen LogP contribution in [0.25, 0.3) is 0 Å². The van der Waals surface area contributed by atoms with Gasteiger partial charge in [0, 0.05) is 18.2 Å². The van der Waals surface area contributed by atoms with Gasteiger partial charge < -0.3 is 28.5 Å². The van der Waals surface area contributed by atoms with Gasteiger partial charge in [0.05, 0.1) is 32.5 Å². The summed E-state index contributed by atoms with van der Waals surface area (Å²) in [6.07, 6.45) is -0.194. The van der Waals surface area contributed by atoms with E-state index < -0.39 is 49.6 Å². The first-order valence-electron chi connectivity index (χ1n) is 18.8. The molecule has 11 nitrogen and oxygen atoms in total. The van der Waals surface area contributed by atoms with Crippen molar-refractivity contribution in [1.29, 1.82) is 0 Å². The highest BCUT2D eigenvalue weighted by Gasteiger charge is 2.50. The van der Waals surface area contributed by atoms with E-state index in [1.807, 2.05) is 91.0 Å². The monoisotopic (exact) mass is 778 g/mol. The quantitative estimate of drug-likeness (QED) is 0.0858. The van der Waals surface area contributed by atoms with E-state index in [-0.39, 0.29) is 23.3 Å². The minimum Gasteiger partial charge on any atom is -0.497 e. The first-order valence-corrected chi connectivity index (χ1v) is 20.9. The van der Waals surface area contributed by atoms with Gasteiger partial charge in [0.25, 0.3) is 5.56 Å². The normalized spacial score (nSPS) is 17.3. The van der Waals surface area contributed by atoms with Gasteiger partial charge >= 0.3 is 11.7 Å². The van der Waals surface area contributed by atoms with Crippen LogP contribution in [0.5, 0.6) is 11.5 Å². The van der Waals surface area contributed by atoms with Gasteiger partial charge in [0.2, 0.25) is 8.32 Å². The van der Waals surface area contributed by atoms with E-state index in [1.165, 1.54) is 10.8 Å². The Morgan fingerprint density at radius 2 is 1.38 bits per heavy atom. The number of ether oxygens (including phenoxy) is 4. The predicted octanol–water partition coefficient (Wildman–Crippen LogP) is 6.91. The number of aromatic nitrogens is 2. The van der Waals surface area contributed by atoms with Crippen molar-refractivity contribution in [3.63, 3.8) is 0 Å². The third-order valence-corrected chi connectivity index (χ3v) is 16.3. The molecule has 56 heavy (non-hydrogen) atoms. The first-order chi connectivity index (χ1) is 26.8. The fourth-order valence-electron chi connectivity index (χ4n) is 8.02. The second kappa shape index (κ2) is 16.8. The number of nitrogens with one attached hydrogen (secondary N) is 1. The molecule has 0 spiro atoms. The van der Waals surface area contributed by atoms with E-state index in [0.717, 1.165) is 21.9 Å². The van der Waals surface area contributed by atoms with Crippen molar-refractivity contribution >= 4 is 19.5 Å². The minimum atomic E-state index is -2.94. The molecule has 0 radical (unpaired) electrons. The number of hydrogen-bond acceptors (Lipinski definition) is 8. The molecule has 6 rings (SSSR count). The van der Waals surface area contributed by atoms with E-state index in [9.17, 15) is 19.5 Å². The molecule has 2 N–H and O–H groups in total. The molecule has 0 amide bonds. The second-order valence-electron chi connectivity index (χ2n) is 14.8. The Balaban J connectivity index is 1.48. The Labute approximate surface area is 327 Å².